The Morgan fingerprint density at radius 2 is 1.71 bits per heavy atom. The molecule has 2 unspecified atom stereocenters. The zero-order chi connectivity index (χ0) is 11.4. The maximum atomic E-state index is 11.0. The fraction of sp³-hybridized carbons (Fsp3) is 1.00. The maximum Gasteiger partial charge on any atom is 0.147 e. The lowest BCUT2D eigenvalue weighted by Crippen LogP contribution is -2.34. The topological polar surface area (TPSA) is 46.2 Å². The van der Waals surface area contributed by atoms with Crippen LogP contribution >= 0.6 is 0 Å². The number of sulfone groups is 1. The van der Waals surface area contributed by atoms with Crippen LogP contribution in [0.15, 0.2) is 0 Å². The Labute approximate surface area is 88.2 Å². The second kappa shape index (κ2) is 5.71. The van der Waals surface area contributed by atoms with Crippen molar-refractivity contribution in [1.29, 1.82) is 0 Å². The first-order valence-electron chi connectivity index (χ1n) is 5.13. The van der Waals surface area contributed by atoms with E-state index in [0.717, 1.165) is 6.42 Å². The normalized spacial score (nSPS) is 17.0. The number of hydrogen-bond donors (Lipinski definition) is 1. The van der Waals surface area contributed by atoms with Gasteiger partial charge in [0.05, 0.1) is 5.75 Å². The second-order valence-corrected chi connectivity index (χ2v) is 6.66. The molecule has 0 radical (unpaired) electrons. The summed E-state index contributed by atoms with van der Waals surface area (Å²) in [5.74, 6) is 1.23. The van der Waals surface area contributed by atoms with Gasteiger partial charge in [0, 0.05) is 12.3 Å². The van der Waals surface area contributed by atoms with Crippen LogP contribution in [0.1, 0.15) is 27.2 Å². The van der Waals surface area contributed by atoms with Gasteiger partial charge in [-0.15, -0.1) is 0 Å². The Balaban J connectivity index is 4.25. The van der Waals surface area contributed by atoms with Gasteiger partial charge in [0.15, 0.2) is 0 Å². The smallest absolute Gasteiger partial charge is 0.147 e. The Kier molecular flexibility index (Phi) is 5.67. The first-order valence-corrected chi connectivity index (χ1v) is 7.19. The van der Waals surface area contributed by atoms with E-state index in [1.54, 1.807) is 0 Å². The molecule has 0 saturated carbocycles. The minimum atomic E-state index is -2.82. The molecule has 4 heteroatoms. The maximum absolute atomic E-state index is 11.0. The van der Waals surface area contributed by atoms with Crippen LogP contribution in [0.5, 0.6) is 0 Å². The molecule has 0 aromatic carbocycles. The van der Waals surface area contributed by atoms with Crippen molar-refractivity contribution in [3.8, 4) is 0 Å². The van der Waals surface area contributed by atoms with Gasteiger partial charge in [-0.3, -0.25) is 0 Å². The van der Waals surface area contributed by atoms with E-state index in [1.165, 1.54) is 6.26 Å². The predicted octanol–water partition coefficient (Wildman–Crippen LogP) is 1.30. The molecule has 0 rings (SSSR count). The number of nitrogens with one attached hydrogen (secondary N) is 1. The monoisotopic (exact) mass is 221 g/mol. The van der Waals surface area contributed by atoms with Crippen molar-refractivity contribution in [2.45, 2.75) is 33.2 Å². The van der Waals surface area contributed by atoms with Crippen molar-refractivity contribution in [2.24, 2.45) is 11.8 Å². The lowest BCUT2D eigenvalue weighted by molar-refractivity contribution is 0.294. The van der Waals surface area contributed by atoms with Gasteiger partial charge >= 0.3 is 0 Å². The highest BCUT2D eigenvalue weighted by atomic mass is 32.2. The van der Waals surface area contributed by atoms with Crippen LogP contribution < -0.4 is 5.32 Å². The van der Waals surface area contributed by atoms with E-state index in [9.17, 15) is 8.42 Å². The van der Waals surface area contributed by atoms with E-state index < -0.39 is 9.84 Å². The molecule has 2 atom stereocenters. The van der Waals surface area contributed by atoms with E-state index in [0.29, 0.717) is 23.6 Å². The zero-order valence-corrected chi connectivity index (χ0v) is 10.7. The summed E-state index contributed by atoms with van der Waals surface area (Å²) in [6.45, 7) is 6.38. The fourth-order valence-corrected chi connectivity index (χ4v) is 2.43. The third-order valence-electron chi connectivity index (χ3n) is 2.78. The summed E-state index contributed by atoms with van der Waals surface area (Å²) in [6, 6.07) is 0.372. The molecular formula is C10H23NO2S. The SMILES string of the molecule is CNC(C)C(CCS(C)(=O)=O)C(C)C. The van der Waals surface area contributed by atoms with Gasteiger partial charge in [0.2, 0.25) is 0 Å². The first-order chi connectivity index (χ1) is 6.28. The first kappa shape index (κ1) is 13.9. The van der Waals surface area contributed by atoms with E-state index in [4.69, 9.17) is 0 Å². The van der Waals surface area contributed by atoms with Crippen LogP contribution in [0.3, 0.4) is 0 Å². The summed E-state index contributed by atoms with van der Waals surface area (Å²) < 4.78 is 22.1. The Morgan fingerprint density at radius 3 is 2.00 bits per heavy atom. The van der Waals surface area contributed by atoms with Crippen LogP contribution in [-0.4, -0.2) is 33.5 Å². The molecule has 0 heterocycles. The quantitative estimate of drug-likeness (QED) is 0.735. The number of rotatable bonds is 6. The van der Waals surface area contributed by atoms with Gasteiger partial charge in [0.1, 0.15) is 9.84 Å². The van der Waals surface area contributed by atoms with Gasteiger partial charge in [-0.1, -0.05) is 13.8 Å². The molecule has 0 fully saturated rings. The molecule has 3 nitrogen and oxygen atoms in total. The summed E-state index contributed by atoms with van der Waals surface area (Å²) in [6.07, 6.45) is 2.05. The average molecular weight is 221 g/mol. The molecule has 0 aromatic heterocycles. The van der Waals surface area contributed by atoms with Crippen molar-refractivity contribution in [2.75, 3.05) is 19.1 Å². The zero-order valence-electron chi connectivity index (χ0n) is 9.87. The number of hydrogen-bond acceptors (Lipinski definition) is 3. The highest BCUT2D eigenvalue weighted by Gasteiger charge is 2.20. The van der Waals surface area contributed by atoms with E-state index in [1.807, 2.05) is 7.05 Å². The average Bonchev–Trinajstić information content (AvgIpc) is 2.01. The summed E-state index contributed by atoms with van der Waals surface area (Å²) in [5.41, 5.74) is 0. The fourth-order valence-electron chi connectivity index (χ4n) is 1.72. The summed E-state index contributed by atoms with van der Waals surface area (Å²) in [7, 11) is -0.905. The second-order valence-electron chi connectivity index (χ2n) is 4.40. The lowest BCUT2D eigenvalue weighted by Gasteiger charge is -2.26. The summed E-state index contributed by atoms with van der Waals surface area (Å²) in [5, 5.41) is 3.19. The molecule has 14 heavy (non-hydrogen) atoms. The van der Waals surface area contributed by atoms with Crippen molar-refractivity contribution in [3.05, 3.63) is 0 Å². The van der Waals surface area contributed by atoms with Gasteiger partial charge in [0.25, 0.3) is 0 Å². The molecule has 1 N–H and O–H groups in total. The molecular weight excluding hydrogens is 198 g/mol. The molecule has 0 spiro atoms. The third-order valence-corrected chi connectivity index (χ3v) is 3.75. The van der Waals surface area contributed by atoms with Gasteiger partial charge < -0.3 is 5.32 Å². The minimum absolute atomic E-state index is 0.294. The minimum Gasteiger partial charge on any atom is -0.317 e. The molecule has 0 bridgehead atoms. The van der Waals surface area contributed by atoms with E-state index >= 15 is 0 Å². The summed E-state index contributed by atoms with van der Waals surface area (Å²) in [4.78, 5) is 0. The molecule has 0 aliphatic heterocycles. The van der Waals surface area contributed by atoms with E-state index in [-0.39, 0.29) is 0 Å². The molecule has 0 aliphatic rings. The van der Waals surface area contributed by atoms with Crippen LogP contribution in [0.4, 0.5) is 0 Å². The van der Waals surface area contributed by atoms with Gasteiger partial charge in [-0.25, -0.2) is 8.42 Å². The Hall–Kier alpha value is -0.0900. The molecule has 0 aromatic rings. The third kappa shape index (κ3) is 5.60. The molecule has 86 valence electrons. The van der Waals surface area contributed by atoms with Crippen LogP contribution in [0.25, 0.3) is 0 Å². The van der Waals surface area contributed by atoms with Crippen molar-refractivity contribution < 1.29 is 8.42 Å². The Bertz CT molecular complexity index is 247. The Morgan fingerprint density at radius 1 is 1.21 bits per heavy atom. The van der Waals surface area contributed by atoms with Crippen molar-refractivity contribution >= 4 is 9.84 Å². The molecule has 0 amide bonds. The largest absolute Gasteiger partial charge is 0.317 e. The highest BCUT2D eigenvalue weighted by molar-refractivity contribution is 7.90. The van der Waals surface area contributed by atoms with Crippen molar-refractivity contribution in [1.82, 2.24) is 5.32 Å². The van der Waals surface area contributed by atoms with E-state index in [2.05, 4.69) is 26.1 Å². The van der Waals surface area contributed by atoms with Crippen LogP contribution in [0.2, 0.25) is 0 Å². The van der Waals surface area contributed by atoms with Gasteiger partial charge in [-0.05, 0) is 32.2 Å². The predicted molar refractivity (Wildman–Crippen MR) is 61.2 cm³/mol. The standard InChI is InChI=1S/C10H23NO2S/c1-8(2)10(9(3)11-4)6-7-14(5,12)13/h8-11H,6-7H2,1-5H3. The molecule has 0 saturated heterocycles. The van der Waals surface area contributed by atoms with Crippen LogP contribution in [0, 0.1) is 11.8 Å². The summed E-state index contributed by atoms with van der Waals surface area (Å²) >= 11 is 0. The lowest BCUT2D eigenvalue weighted by atomic mass is 9.87. The molecule has 0 aliphatic carbocycles. The van der Waals surface area contributed by atoms with Crippen LogP contribution in [-0.2, 0) is 9.84 Å². The van der Waals surface area contributed by atoms with Crippen molar-refractivity contribution in [3.63, 3.8) is 0 Å². The van der Waals surface area contributed by atoms with Gasteiger partial charge in [-0.2, -0.15) is 0 Å². The highest BCUT2D eigenvalue weighted by Crippen LogP contribution is 2.19.